The number of cyclic esters (lactones) is 1. The molecule has 0 radical (unpaired) electrons. The van der Waals surface area contributed by atoms with Crippen LogP contribution >= 0.6 is 0 Å². The Morgan fingerprint density at radius 1 is 0.674 bits per heavy atom. The number of aliphatic imine (C=N–C) groups is 1. The molecule has 0 aromatic rings. The summed E-state index contributed by atoms with van der Waals surface area (Å²) in [7, 11) is 0. The molecule has 0 aliphatic carbocycles. The largest absolute Gasteiger partial charge is 0.458 e. The van der Waals surface area contributed by atoms with Crippen LogP contribution < -0.4 is 11.5 Å². The third-order valence-corrected chi connectivity index (χ3v) is 17.1. The van der Waals surface area contributed by atoms with Crippen molar-refractivity contribution in [2.75, 3.05) is 13.2 Å². The van der Waals surface area contributed by atoms with Gasteiger partial charge in [-0.25, -0.2) is 4.79 Å². The van der Waals surface area contributed by atoms with Gasteiger partial charge in [0.2, 0.25) is 0 Å². The monoisotopic (exact) mass is 1230 g/mol. The van der Waals surface area contributed by atoms with E-state index in [4.69, 9.17) is 25.7 Å². The van der Waals surface area contributed by atoms with E-state index in [0.717, 1.165) is 0 Å². The van der Waals surface area contributed by atoms with Crippen molar-refractivity contribution in [3.63, 3.8) is 0 Å². The second kappa shape index (κ2) is 39.7. The van der Waals surface area contributed by atoms with Crippen LogP contribution in [0.3, 0.4) is 0 Å². The zero-order valence-electron chi connectivity index (χ0n) is 51.9. The van der Waals surface area contributed by atoms with Crippen LogP contribution in [0.25, 0.3) is 0 Å². The molecule has 1 unspecified atom stereocenters. The number of carbonyl (C=O) groups excluding carboxylic acids is 1. The lowest BCUT2D eigenvalue weighted by Crippen LogP contribution is -2.60. The number of guanidine groups is 1. The number of carbonyl (C=O) groups is 1. The maximum Gasteiger partial charge on any atom is 0.333 e. The van der Waals surface area contributed by atoms with Gasteiger partial charge in [-0.05, 0) is 89.0 Å². The number of nitrogens with two attached hydrogens (primary N) is 2. The molecule has 21 N–H and O–H groups in total. The van der Waals surface area contributed by atoms with E-state index in [1.54, 1.807) is 66.7 Å². The van der Waals surface area contributed by atoms with E-state index < -0.39 is 177 Å². The van der Waals surface area contributed by atoms with Gasteiger partial charge in [0.25, 0.3) is 0 Å². The van der Waals surface area contributed by atoms with Crippen molar-refractivity contribution < 1.29 is 106 Å². The molecular weight excluding hydrogens is 1120 g/mol. The van der Waals surface area contributed by atoms with Gasteiger partial charge in [-0.1, -0.05) is 97.1 Å². The number of allylic oxidation sites excluding steroid dienone is 2. The smallest absolute Gasteiger partial charge is 0.333 e. The van der Waals surface area contributed by atoms with E-state index in [1.807, 2.05) is 13.0 Å². The van der Waals surface area contributed by atoms with Crippen molar-refractivity contribution in [1.82, 2.24) is 0 Å². The van der Waals surface area contributed by atoms with Crippen LogP contribution in [0, 0.1) is 41.4 Å². The molecule has 0 spiro atoms. The second-order valence-electron chi connectivity index (χ2n) is 24.8. The van der Waals surface area contributed by atoms with E-state index in [0.29, 0.717) is 32.1 Å². The molecule has 86 heavy (non-hydrogen) atoms. The highest BCUT2D eigenvalue weighted by molar-refractivity contribution is 5.87. The van der Waals surface area contributed by atoms with Gasteiger partial charge in [-0.2, -0.15) is 0 Å². The topological polar surface area (TPSA) is 453 Å². The summed E-state index contributed by atoms with van der Waals surface area (Å²) in [6, 6.07) is 0. The van der Waals surface area contributed by atoms with Crippen LogP contribution in [-0.4, -0.2) is 234 Å². The molecule has 2 aliphatic rings. The molecule has 24 nitrogen and oxygen atoms in total. The average molecular weight is 1230 g/mol. The lowest BCUT2D eigenvalue weighted by atomic mass is 9.85. The Morgan fingerprint density at radius 2 is 1.30 bits per heavy atom. The van der Waals surface area contributed by atoms with E-state index in [-0.39, 0.29) is 68.1 Å². The van der Waals surface area contributed by atoms with E-state index in [2.05, 4.69) is 4.99 Å². The Hall–Kier alpha value is -3.32. The first-order valence-electron chi connectivity index (χ1n) is 30.7. The molecule has 0 amide bonds. The van der Waals surface area contributed by atoms with Crippen LogP contribution in [-0.2, 0) is 19.0 Å². The molecule has 2 heterocycles. The highest BCUT2D eigenvalue weighted by Gasteiger charge is 2.46. The summed E-state index contributed by atoms with van der Waals surface area (Å²) in [5.41, 5.74) is 11.4. The molecule has 27 atom stereocenters. The summed E-state index contributed by atoms with van der Waals surface area (Å²) in [4.78, 5) is 17.5. The fraction of sp³-hybridized carbons (Fsp3) is 0.806. The summed E-state index contributed by atoms with van der Waals surface area (Å²) in [6.07, 6.45) is -14.0. The first-order valence-corrected chi connectivity index (χ1v) is 30.7. The minimum Gasteiger partial charge on any atom is -0.458 e. The maximum absolute atomic E-state index is 13.5. The molecular formula is C62H111N3O21. The second-order valence-corrected chi connectivity index (χ2v) is 24.8. The van der Waals surface area contributed by atoms with E-state index in [1.165, 1.54) is 31.2 Å². The molecule has 0 saturated carbocycles. The number of ether oxygens (including phenoxy) is 3. The van der Waals surface area contributed by atoms with E-state index in [9.17, 15) is 91.6 Å². The van der Waals surface area contributed by atoms with Crippen LogP contribution in [0.4, 0.5) is 0 Å². The first-order chi connectivity index (χ1) is 40.2. The summed E-state index contributed by atoms with van der Waals surface area (Å²) >= 11 is 0. The third kappa shape index (κ3) is 27.0. The Balaban J connectivity index is 2.45. The van der Waals surface area contributed by atoms with Gasteiger partial charge < -0.3 is 112 Å². The molecule has 24 heteroatoms. The zero-order chi connectivity index (χ0) is 65.3. The predicted octanol–water partition coefficient (Wildman–Crippen LogP) is -0.243. The SMILES string of the molecule is CC1=CCC[C@H](C)[C@@H](O)[C@@H](C)[C@@H](O)CCC=C[C@H](C)[C@@H](O)C=C[C@H](C)[C@@H](O)C(C)=C[C@H](O[C@H]2O[C@H](CO)[C@@H](O)[C@H](O)[C@@H]2O)[C@@H](O)C[C@H](C)C[C@H](O)C[C@H](O)[C@H](C)[C@@H](O)[C@@H](O)[C@H](O)C[C@@H](O)C[C@H](O)C=CCC([C@H](C)[C@H](O)CCCN=C(N)N)OC1=O. The molecule has 1 fully saturated rings. The van der Waals surface area contributed by atoms with E-state index >= 15 is 0 Å². The number of rotatable bonds is 9. The molecule has 0 bridgehead atoms. The third-order valence-electron chi connectivity index (χ3n) is 17.1. The molecule has 1 saturated heterocycles. The molecule has 0 aromatic heterocycles. The molecule has 500 valence electrons. The number of aliphatic hydroxyl groups excluding tert-OH is 17. The van der Waals surface area contributed by atoms with Gasteiger partial charge in [-0.3, -0.25) is 4.99 Å². The van der Waals surface area contributed by atoms with Crippen molar-refractivity contribution in [2.45, 2.75) is 262 Å². The fourth-order valence-electron chi connectivity index (χ4n) is 10.8. The fourth-order valence-corrected chi connectivity index (χ4v) is 10.8. The Kier molecular flexibility index (Phi) is 36.4. The lowest BCUT2D eigenvalue weighted by Gasteiger charge is -2.41. The number of nitrogens with zero attached hydrogens (tertiary/aromatic N) is 1. The normalized spacial score (nSPS) is 40.6. The Bertz CT molecular complexity index is 2090. The molecule has 2 rings (SSSR count). The van der Waals surface area contributed by atoms with Crippen LogP contribution in [0.15, 0.2) is 64.7 Å². The van der Waals surface area contributed by atoms with Crippen LogP contribution in [0.5, 0.6) is 0 Å². The van der Waals surface area contributed by atoms with Crippen molar-refractivity contribution >= 4 is 11.9 Å². The maximum atomic E-state index is 13.5. The molecule has 2 aliphatic heterocycles. The van der Waals surface area contributed by atoms with Crippen molar-refractivity contribution in [3.8, 4) is 0 Å². The highest BCUT2D eigenvalue weighted by Crippen LogP contribution is 2.30. The average Bonchev–Trinajstić information content (AvgIpc) is 3.36. The Labute approximate surface area is 508 Å². The zero-order valence-corrected chi connectivity index (χ0v) is 51.9. The number of aliphatic hydroxyl groups is 17. The van der Waals surface area contributed by atoms with Crippen LogP contribution in [0.1, 0.15) is 139 Å². The number of hydrogen-bond donors (Lipinski definition) is 19. The van der Waals surface area contributed by atoms with Crippen molar-refractivity contribution in [1.29, 1.82) is 0 Å². The van der Waals surface area contributed by atoms with Crippen molar-refractivity contribution in [2.24, 2.45) is 57.9 Å². The summed E-state index contributed by atoms with van der Waals surface area (Å²) in [5, 5.41) is 186. The lowest BCUT2D eigenvalue weighted by molar-refractivity contribution is -0.312. The minimum atomic E-state index is -1.89. The molecule has 0 aromatic carbocycles. The van der Waals surface area contributed by atoms with Gasteiger partial charge in [0.1, 0.15) is 42.7 Å². The van der Waals surface area contributed by atoms with Gasteiger partial charge in [-0.15, -0.1) is 0 Å². The predicted molar refractivity (Wildman–Crippen MR) is 322 cm³/mol. The van der Waals surface area contributed by atoms with Gasteiger partial charge in [0, 0.05) is 61.0 Å². The highest BCUT2D eigenvalue weighted by atomic mass is 16.7. The first kappa shape index (κ1) is 78.8. The summed E-state index contributed by atoms with van der Waals surface area (Å²) in [5.74, 6) is -4.83. The van der Waals surface area contributed by atoms with Crippen molar-refractivity contribution in [3.05, 3.63) is 59.8 Å². The minimum absolute atomic E-state index is 0.0306. The van der Waals surface area contributed by atoms with Crippen LogP contribution in [0.2, 0.25) is 0 Å². The standard InChI is InChI=1S/C62H111N3O21/c1-32-25-42(68)29-47(73)40(9)55(78)56(79)49(75)30-43(69)28-41(67)18-13-21-50(38(7)45(71)20-14-24-65-62(63)64)84-60(83)36(5)17-12-16-34(3)54(77)39(8)46(72)19-11-10-15-33(2)44(70)23-22-35(4)53(76)37(6)27-51(48(74)26-32)85-61-59(82)58(81)57(80)52(31-66)86-61/h10,13,15,17-18,22-23,27,32-35,38-59,61,66-82H,11-12,14,16,19-21,24-26,28-31H2,1-9H3,(H4,63,64,65)/t32-,33+,34+,35+,38-,39+,40+,41-,42+,43+,44+,45-,46+,47+,48+,49-,50?,51+,52-,53-,54-,55-,56+,57-,58+,59+,61+/m1/s1. The van der Waals surface area contributed by atoms with Gasteiger partial charge in [0.15, 0.2) is 12.2 Å². The van der Waals surface area contributed by atoms with Gasteiger partial charge >= 0.3 is 5.97 Å². The Morgan fingerprint density at radius 3 is 1.94 bits per heavy atom. The van der Waals surface area contributed by atoms with Gasteiger partial charge in [0.05, 0.1) is 79.9 Å². The summed E-state index contributed by atoms with van der Waals surface area (Å²) < 4.78 is 17.5. The quantitative estimate of drug-likeness (QED) is 0.0466. The number of esters is 1. The summed E-state index contributed by atoms with van der Waals surface area (Å²) in [6.45, 7) is 14.5. The number of hydrogen-bond acceptors (Lipinski definition) is 22.